The standard InChI is InChI=1S/C16H20F2N2O2/c1-2-3-4-13(20-9-7-19-8-10-20)12-5-6-14-15(11-12)22-16(17,18)21-14/h2,5-6,11,13,19H,1,3-4,7-10H2/t13-/m0/s1. The molecule has 6 heteroatoms. The van der Waals surface area contributed by atoms with E-state index in [1.807, 2.05) is 12.1 Å². The third-order valence-electron chi connectivity index (χ3n) is 4.05. The molecule has 1 N–H and O–H groups in total. The van der Waals surface area contributed by atoms with E-state index in [4.69, 9.17) is 0 Å². The van der Waals surface area contributed by atoms with E-state index in [2.05, 4.69) is 26.3 Å². The van der Waals surface area contributed by atoms with Crippen LogP contribution in [0.3, 0.4) is 0 Å². The highest BCUT2D eigenvalue weighted by Crippen LogP contribution is 2.43. The van der Waals surface area contributed by atoms with Crippen LogP contribution in [0.5, 0.6) is 11.5 Å². The molecule has 0 aromatic heterocycles. The number of alkyl halides is 2. The summed E-state index contributed by atoms with van der Waals surface area (Å²) in [5.41, 5.74) is 0.976. The molecule has 2 heterocycles. The summed E-state index contributed by atoms with van der Waals surface area (Å²) in [5.74, 6) is 0.206. The van der Waals surface area contributed by atoms with Gasteiger partial charge in [0.25, 0.3) is 0 Å². The molecule has 1 aromatic carbocycles. The summed E-state index contributed by atoms with van der Waals surface area (Å²) in [6.45, 7) is 7.52. The van der Waals surface area contributed by atoms with Gasteiger partial charge in [0.15, 0.2) is 11.5 Å². The highest BCUT2D eigenvalue weighted by molar-refractivity contribution is 5.46. The maximum absolute atomic E-state index is 13.2. The molecule has 0 radical (unpaired) electrons. The summed E-state index contributed by atoms with van der Waals surface area (Å²) in [7, 11) is 0. The van der Waals surface area contributed by atoms with Gasteiger partial charge in [-0.2, -0.15) is 0 Å². The molecule has 1 saturated heterocycles. The molecule has 0 spiro atoms. The number of ether oxygens (including phenoxy) is 2. The molecule has 1 aromatic rings. The van der Waals surface area contributed by atoms with Gasteiger partial charge >= 0.3 is 6.29 Å². The topological polar surface area (TPSA) is 33.7 Å². The normalized spacial score (nSPS) is 21.5. The second kappa shape index (κ2) is 6.22. The fourth-order valence-electron chi connectivity index (χ4n) is 3.00. The van der Waals surface area contributed by atoms with Crippen LogP contribution in [0, 0.1) is 0 Å². The van der Waals surface area contributed by atoms with E-state index >= 15 is 0 Å². The van der Waals surface area contributed by atoms with Crippen LogP contribution in [0.4, 0.5) is 8.78 Å². The third-order valence-corrected chi connectivity index (χ3v) is 4.05. The van der Waals surface area contributed by atoms with E-state index in [9.17, 15) is 8.78 Å². The lowest BCUT2D eigenvalue weighted by molar-refractivity contribution is -0.286. The van der Waals surface area contributed by atoms with Crippen molar-refractivity contribution in [1.82, 2.24) is 10.2 Å². The molecule has 4 nitrogen and oxygen atoms in total. The number of hydrogen-bond acceptors (Lipinski definition) is 4. The predicted octanol–water partition coefficient (Wildman–Crippen LogP) is 2.92. The molecule has 2 aliphatic heterocycles. The molecule has 3 rings (SSSR count). The smallest absolute Gasteiger partial charge is 0.395 e. The fourth-order valence-corrected chi connectivity index (χ4v) is 3.00. The molecule has 0 saturated carbocycles. The minimum atomic E-state index is -3.56. The Morgan fingerprint density at radius 2 is 2.00 bits per heavy atom. The number of hydrogen-bond donors (Lipinski definition) is 1. The van der Waals surface area contributed by atoms with E-state index in [1.54, 1.807) is 12.1 Å². The minimum absolute atomic E-state index is 0.0940. The molecule has 120 valence electrons. The van der Waals surface area contributed by atoms with Gasteiger partial charge in [0.1, 0.15) is 0 Å². The van der Waals surface area contributed by atoms with Gasteiger partial charge in [0, 0.05) is 32.2 Å². The lowest BCUT2D eigenvalue weighted by Gasteiger charge is -2.35. The summed E-state index contributed by atoms with van der Waals surface area (Å²) >= 11 is 0. The number of piperazine rings is 1. The molecule has 0 bridgehead atoms. The molecular weight excluding hydrogens is 290 g/mol. The van der Waals surface area contributed by atoms with Crippen molar-refractivity contribution in [2.24, 2.45) is 0 Å². The molecule has 1 fully saturated rings. The lowest BCUT2D eigenvalue weighted by Crippen LogP contribution is -2.45. The monoisotopic (exact) mass is 310 g/mol. The van der Waals surface area contributed by atoms with E-state index in [1.165, 1.54) is 0 Å². The first kappa shape index (κ1) is 15.2. The molecule has 22 heavy (non-hydrogen) atoms. The largest absolute Gasteiger partial charge is 0.586 e. The SMILES string of the molecule is C=CCC[C@@H](c1ccc2c(c1)OC(F)(F)O2)N1CCNCC1. The van der Waals surface area contributed by atoms with Crippen molar-refractivity contribution in [3.8, 4) is 11.5 Å². The van der Waals surface area contributed by atoms with Gasteiger partial charge in [-0.15, -0.1) is 15.4 Å². The number of nitrogens with zero attached hydrogens (tertiary/aromatic N) is 1. The summed E-state index contributed by atoms with van der Waals surface area (Å²) < 4.78 is 35.3. The van der Waals surface area contributed by atoms with Crippen LogP contribution >= 0.6 is 0 Å². The molecule has 0 aliphatic carbocycles. The highest BCUT2D eigenvalue weighted by Gasteiger charge is 2.43. The van der Waals surface area contributed by atoms with Gasteiger partial charge in [0.05, 0.1) is 0 Å². The van der Waals surface area contributed by atoms with Crippen LogP contribution in [-0.2, 0) is 0 Å². The maximum atomic E-state index is 13.2. The highest BCUT2D eigenvalue weighted by atomic mass is 19.3. The summed E-state index contributed by atoms with van der Waals surface area (Å²) in [4.78, 5) is 2.37. The van der Waals surface area contributed by atoms with Gasteiger partial charge < -0.3 is 14.8 Å². The Balaban J connectivity index is 1.83. The number of rotatable bonds is 5. The fraction of sp³-hybridized carbons (Fsp3) is 0.500. The van der Waals surface area contributed by atoms with Crippen molar-refractivity contribution in [3.05, 3.63) is 36.4 Å². The number of benzene rings is 1. The predicted molar refractivity (Wildman–Crippen MR) is 79.3 cm³/mol. The summed E-state index contributed by atoms with van der Waals surface area (Å²) in [6, 6.07) is 5.25. The van der Waals surface area contributed by atoms with Crippen LogP contribution in [0.1, 0.15) is 24.4 Å². The van der Waals surface area contributed by atoms with Crippen LogP contribution in [-0.4, -0.2) is 37.4 Å². The quantitative estimate of drug-likeness (QED) is 0.848. The Labute approximate surface area is 128 Å². The van der Waals surface area contributed by atoms with E-state index in [0.29, 0.717) is 0 Å². The number of allylic oxidation sites excluding steroid dienone is 1. The first-order valence-corrected chi connectivity index (χ1v) is 7.54. The first-order chi connectivity index (χ1) is 10.6. The Kier molecular flexibility index (Phi) is 4.31. The van der Waals surface area contributed by atoms with E-state index < -0.39 is 6.29 Å². The molecular formula is C16H20F2N2O2. The third kappa shape index (κ3) is 3.23. The van der Waals surface area contributed by atoms with Crippen molar-refractivity contribution in [1.29, 1.82) is 0 Å². The Hall–Kier alpha value is -1.66. The molecule has 2 aliphatic rings. The van der Waals surface area contributed by atoms with E-state index in [-0.39, 0.29) is 17.5 Å². The van der Waals surface area contributed by atoms with Gasteiger partial charge in [-0.25, -0.2) is 0 Å². The number of nitrogens with one attached hydrogen (secondary N) is 1. The van der Waals surface area contributed by atoms with Crippen LogP contribution in [0.15, 0.2) is 30.9 Å². The summed E-state index contributed by atoms with van der Waals surface area (Å²) in [5, 5.41) is 3.32. The minimum Gasteiger partial charge on any atom is -0.395 e. The van der Waals surface area contributed by atoms with Crippen LogP contribution in [0.2, 0.25) is 0 Å². The average molecular weight is 310 g/mol. The van der Waals surface area contributed by atoms with Crippen molar-refractivity contribution in [2.45, 2.75) is 25.2 Å². The van der Waals surface area contributed by atoms with Gasteiger partial charge in [-0.3, -0.25) is 4.90 Å². The van der Waals surface area contributed by atoms with Crippen LogP contribution in [0.25, 0.3) is 0 Å². The maximum Gasteiger partial charge on any atom is 0.586 e. The van der Waals surface area contributed by atoms with E-state index in [0.717, 1.165) is 44.6 Å². The van der Waals surface area contributed by atoms with Gasteiger partial charge in [0.2, 0.25) is 0 Å². The average Bonchev–Trinajstić information content (AvgIpc) is 2.82. The summed E-state index contributed by atoms with van der Waals surface area (Å²) in [6.07, 6.45) is 0.0989. The molecule has 1 atom stereocenters. The zero-order valence-corrected chi connectivity index (χ0v) is 12.4. The number of fused-ring (bicyclic) bond motifs is 1. The van der Waals surface area contributed by atoms with Crippen molar-refractivity contribution < 1.29 is 18.3 Å². The second-order valence-corrected chi connectivity index (χ2v) is 5.54. The molecule has 0 amide bonds. The molecule has 0 unspecified atom stereocenters. The first-order valence-electron chi connectivity index (χ1n) is 7.54. The van der Waals surface area contributed by atoms with Gasteiger partial charge in [-0.05, 0) is 30.5 Å². The number of halogens is 2. The second-order valence-electron chi connectivity index (χ2n) is 5.54. The zero-order chi connectivity index (χ0) is 15.6. The Morgan fingerprint density at radius 1 is 1.27 bits per heavy atom. The van der Waals surface area contributed by atoms with Crippen LogP contribution < -0.4 is 14.8 Å². The Morgan fingerprint density at radius 3 is 2.73 bits per heavy atom. The Bertz CT molecular complexity index is 545. The van der Waals surface area contributed by atoms with Crippen molar-refractivity contribution in [2.75, 3.05) is 26.2 Å². The van der Waals surface area contributed by atoms with Crippen molar-refractivity contribution >= 4 is 0 Å². The zero-order valence-electron chi connectivity index (χ0n) is 12.4. The van der Waals surface area contributed by atoms with Gasteiger partial charge in [-0.1, -0.05) is 12.1 Å². The van der Waals surface area contributed by atoms with Crippen molar-refractivity contribution in [3.63, 3.8) is 0 Å². The lowest BCUT2D eigenvalue weighted by atomic mass is 9.99.